The average Bonchev–Trinajstić information content (AvgIpc) is 3.34. The largest absolute Gasteiger partial charge is 0.508 e. The number of guanidine groups is 1. The van der Waals surface area contributed by atoms with Gasteiger partial charge in [-0.05, 0) is 55.7 Å². The fourth-order valence-electron chi connectivity index (χ4n) is 4.32. The van der Waals surface area contributed by atoms with Crippen molar-refractivity contribution in [3.63, 3.8) is 0 Å². The molecule has 13 heteroatoms. The number of phenols is 1. The second-order valence-corrected chi connectivity index (χ2v) is 9.81. The van der Waals surface area contributed by atoms with E-state index in [4.69, 9.17) is 22.9 Å². The van der Waals surface area contributed by atoms with E-state index in [1.54, 1.807) is 26.0 Å². The number of rotatable bonds is 13. The molecule has 0 radical (unpaired) electrons. The minimum Gasteiger partial charge on any atom is -0.508 e. The van der Waals surface area contributed by atoms with Crippen molar-refractivity contribution < 1.29 is 24.3 Å². The highest BCUT2D eigenvalue weighted by atomic mass is 16.3. The number of nitrogens with zero attached hydrogens (tertiary/aromatic N) is 2. The van der Waals surface area contributed by atoms with Gasteiger partial charge in [-0.2, -0.15) is 0 Å². The molecule has 1 aliphatic heterocycles. The normalized spacial score (nSPS) is 17.4. The van der Waals surface area contributed by atoms with Gasteiger partial charge in [0, 0.05) is 13.1 Å². The fraction of sp³-hybridized carbons (Fsp3) is 0.560. The van der Waals surface area contributed by atoms with Crippen LogP contribution in [-0.4, -0.2) is 76.9 Å². The highest BCUT2D eigenvalue weighted by Gasteiger charge is 2.38. The van der Waals surface area contributed by atoms with Gasteiger partial charge in [-0.25, -0.2) is 0 Å². The monoisotopic (exact) mass is 532 g/mol. The van der Waals surface area contributed by atoms with E-state index in [2.05, 4.69) is 15.6 Å². The molecule has 11 N–H and O–H groups in total. The third-order valence-electron chi connectivity index (χ3n) is 6.40. The molecule has 1 heterocycles. The number of hydrogen-bond acceptors (Lipinski definition) is 7. The van der Waals surface area contributed by atoms with Crippen molar-refractivity contribution in [2.75, 3.05) is 13.1 Å². The lowest BCUT2D eigenvalue weighted by atomic mass is 10.0. The molecule has 1 aliphatic rings. The van der Waals surface area contributed by atoms with Gasteiger partial charge in [0.2, 0.25) is 23.6 Å². The van der Waals surface area contributed by atoms with E-state index in [1.165, 1.54) is 17.0 Å². The summed E-state index contributed by atoms with van der Waals surface area (Å²) in [4.78, 5) is 56.5. The molecule has 4 atom stereocenters. The van der Waals surface area contributed by atoms with Crippen molar-refractivity contribution >= 4 is 29.6 Å². The first kappa shape index (κ1) is 30.4. The molecular weight excluding hydrogens is 492 g/mol. The topological polar surface area (TPSA) is 232 Å². The van der Waals surface area contributed by atoms with Gasteiger partial charge in [0.05, 0.1) is 6.04 Å². The fourth-order valence-corrected chi connectivity index (χ4v) is 4.32. The summed E-state index contributed by atoms with van der Waals surface area (Å²) >= 11 is 0. The van der Waals surface area contributed by atoms with Gasteiger partial charge in [-0.15, -0.1) is 0 Å². The number of aliphatic imine (C=N–C) groups is 1. The van der Waals surface area contributed by atoms with Crippen LogP contribution in [0.4, 0.5) is 0 Å². The Morgan fingerprint density at radius 1 is 1.11 bits per heavy atom. The quantitative estimate of drug-likeness (QED) is 0.0887. The summed E-state index contributed by atoms with van der Waals surface area (Å²) < 4.78 is 0. The first-order chi connectivity index (χ1) is 17.9. The number of aromatic hydroxyl groups is 1. The molecule has 1 fully saturated rings. The van der Waals surface area contributed by atoms with Gasteiger partial charge in [0.1, 0.15) is 23.9 Å². The Morgan fingerprint density at radius 2 is 1.76 bits per heavy atom. The van der Waals surface area contributed by atoms with Crippen LogP contribution in [0.25, 0.3) is 0 Å². The van der Waals surface area contributed by atoms with E-state index >= 15 is 0 Å². The van der Waals surface area contributed by atoms with Crippen molar-refractivity contribution in [3.05, 3.63) is 29.8 Å². The van der Waals surface area contributed by atoms with E-state index in [9.17, 15) is 24.3 Å². The van der Waals surface area contributed by atoms with Crippen molar-refractivity contribution in [2.45, 2.75) is 70.1 Å². The molecule has 1 aromatic carbocycles. The summed E-state index contributed by atoms with van der Waals surface area (Å²) in [6, 6.07) is 2.85. The number of carbonyl (C=O) groups is 4. The lowest BCUT2D eigenvalue weighted by Crippen LogP contribution is -2.58. The SMILES string of the molecule is CC(C)[C@H](NC(=O)[C@@H]1CCCN1C(=O)[C@@H](N)Cc1ccc(O)cc1)C(=O)N[C@@H](CCCN=C(N)N)C(N)=O. The van der Waals surface area contributed by atoms with Crippen LogP contribution >= 0.6 is 0 Å². The number of amides is 4. The van der Waals surface area contributed by atoms with Crippen molar-refractivity contribution in [3.8, 4) is 5.75 Å². The first-order valence-corrected chi connectivity index (χ1v) is 12.7. The zero-order valence-electron chi connectivity index (χ0n) is 21.9. The Balaban J connectivity index is 2.02. The summed E-state index contributed by atoms with van der Waals surface area (Å²) in [6.07, 6.45) is 1.94. The number of carbonyl (C=O) groups excluding carboxylic acids is 4. The standard InChI is InChI=1S/C25H40N8O5/c1-14(2)20(23(37)31-18(21(27)35)5-3-11-30-25(28)29)32-22(36)19-6-4-12-33(19)24(38)17(26)13-15-7-9-16(34)10-8-15/h7-10,14,17-20,34H,3-6,11-13,26H2,1-2H3,(H2,27,35)(H,31,37)(H,32,36)(H4,28,29,30)/t17-,18-,19-,20-/m0/s1. The van der Waals surface area contributed by atoms with E-state index in [0.29, 0.717) is 25.8 Å². The van der Waals surface area contributed by atoms with Gasteiger partial charge in [-0.3, -0.25) is 24.2 Å². The summed E-state index contributed by atoms with van der Waals surface area (Å²) in [7, 11) is 0. The second kappa shape index (κ2) is 14.2. The number of phenolic OH excluding ortho intramolecular Hbond substituents is 1. The summed E-state index contributed by atoms with van der Waals surface area (Å²) in [5, 5.41) is 14.8. The van der Waals surface area contributed by atoms with Crippen LogP contribution < -0.4 is 33.6 Å². The molecule has 210 valence electrons. The smallest absolute Gasteiger partial charge is 0.243 e. The Kier molecular flexibility index (Phi) is 11.3. The molecule has 0 aliphatic carbocycles. The van der Waals surface area contributed by atoms with Crippen molar-refractivity contribution in [1.29, 1.82) is 0 Å². The minimum absolute atomic E-state index is 0.0759. The molecule has 0 spiro atoms. The van der Waals surface area contributed by atoms with Crippen LogP contribution in [-0.2, 0) is 25.6 Å². The van der Waals surface area contributed by atoms with Crippen LogP contribution in [0.1, 0.15) is 45.1 Å². The predicted molar refractivity (Wildman–Crippen MR) is 142 cm³/mol. The Hall–Kier alpha value is -3.87. The predicted octanol–water partition coefficient (Wildman–Crippen LogP) is -1.58. The maximum Gasteiger partial charge on any atom is 0.243 e. The van der Waals surface area contributed by atoms with Crippen LogP contribution in [0.15, 0.2) is 29.3 Å². The van der Waals surface area contributed by atoms with E-state index in [0.717, 1.165) is 5.56 Å². The second-order valence-electron chi connectivity index (χ2n) is 9.81. The van der Waals surface area contributed by atoms with E-state index in [1.807, 2.05) is 0 Å². The molecule has 1 aromatic rings. The van der Waals surface area contributed by atoms with Crippen molar-refractivity contribution in [2.24, 2.45) is 33.8 Å². The lowest BCUT2D eigenvalue weighted by Gasteiger charge is -2.30. The average molecular weight is 533 g/mol. The van der Waals surface area contributed by atoms with Crippen molar-refractivity contribution in [1.82, 2.24) is 15.5 Å². The van der Waals surface area contributed by atoms with Crippen LogP contribution in [0.5, 0.6) is 5.75 Å². The van der Waals surface area contributed by atoms with Gasteiger partial charge >= 0.3 is 0 Å². The third-order valence-corrected chi connectivity index (χ3v) is 6.40. The number of benzene rings is 1. The zero-order valence-corrected chi connectivity index (χ0v) is 21.9. The Morgan fingerprint density at radius 3 is 2.34 bits per heavy atom. The summed E-state index contributed by atoms with van der Waals surface area (Å²) in [5.74, 6) is -2.38. The molecule has 0 saturated carbocycles. The molecular formula is C25H40N8O5. The number of nitrogens with two attached hydrogens (primary N) is 4. The molecule has 1 saturated heterocycles. The van der Waals surface area contributed by atoms with E-state index in [-0.39, 0.29) is 42.9 Å². The third kappa shape index (κ3) is 8.91. The number of likely N-dealkylation sites (tertiary alicyclic amines) is 1. The minimum atomic E-state index is -0.961. The van der Waals surface area contributed by atoms with Crippen LogP contribution in [0, 0.1) is 5.92 Å². The number of primary amides is 1. The Bertz CT molecular complexity index is 1010. The summed E-state index contributed by atoms with van der Waals surface area (Å²) in [6.45, 7) is 4.16. The number of hydrogen-bond donors (Lipinski definition) is 7. The van der Waals surface area contributed by atoms with Gasteiger partial charge in [-0.1, -0.05) is 26.0 Å². The highest BCUT2D eigenvalue weighted by Crippen LogP contribution is 2.20. The molecule has 0 aromatic heterocycles. The lowest BCUT2D eigenvalue weighted by molar-refractivity contribution is -0.140. The molecule has 38 heavy (non-hydrogen) atoms. The van der Waals surface area contributed by atoms with Gasteiger partial charge < -0.3 is 43.6 Å². The molecule has 13 nitrogen and oxygen atoms in total. The highest BCUT2D eigenvalue weighted by molar-refractivity contribution is 5.95. The van der Waals surface area contributed by atoms with Crippen LogP contribution in [0.2, 0.25) is 0 Å². The zero-order chi connectivity index (χ0) is 28.4. The molecule has 0 unspecified atom stereocenters. The van der Waals surface area contributed by atoms with E-state index < -0.39 is 41.9 Å². The maximum atomic E-state index is 13.2. The first-order valence-electron chi connectivity index (χ1n) is 12.7. The maximum absolute atomic E-state index is 13.2. The summed E-state index contributed by atoms with van der Waals surface area (Å²) in [5.41, 5.74) is 23.0. The Labute approximate surface area is 222 Å². The molecule has 4 amide bonds. The van der Waals surface area contributed by atoms with Gasteiger partial charge in [0.25, 0.3) is 0 Å². The van der Waals surface area contributed by atoms with Gasteiger partial charge in [0.15, 0.2) is 5.96 Å². The molecule has 0 bridgehead atoms. The molecule has 2 rings (SSSR count). The number of nitrogens with one attached hydrogen (secondary N) is 2. The van der Waals surface area contributed by atoms with Crippen LogP contribution in [0.3, 0.4) is 0 Å².